The van der Waals surface area contributed by atoms with Crippen LogP contribution in [0.1, 0.15) is 11.3 Å². The van der Waals surface area contributed by atoms with Crippen molar-refractivity contribution in [1.82, 2.24) is 9.97 Å². The van der Waals surface area contributed by atoms with E-state index in [0.29, 0.717) is 18.4 Å². The SMILES string of the molecule is COCCN(C)c1ncc(CCl)c(C)n1. The Morgan fingerprint density at radius 3 is 2.80 bits per heavy atom. The minimum Gasteiger partial charge on any atom is -0.383 e. The van der Waals surface area contributed by atoms with E-state index in [1.807, 2.05) is 18.9 Å². The van der Waals surface area contributed by atoms with Crippen molar-refractivity contribution in [3.8, 4) is 0 Å². The first-order chi connectivity index (χ1) is 7.19. The summed E-state index contributed by atoms with van der Waals surface area (Å²) in [6, 6.07) is 0. The minimum atomic E-state index is 0.452. The van der Waals surface area contributed by atoms with Crippen molar-refractivity contribution >= 4 is 17.5 Å². The number of methoxy groups -OCH3 is 1. The van der Waals surface area contributed by atoms with Crippen molar-refractivity contribution in [2.45, 2.75) is 12.8 Å². The van der Waals surface area contributed by atoms with Gasteiger partial charge in [-0.25, -0.2) is 9.97 Å². The van der Waals surface area contributed by atoms with Crippen molar-refractivity contribution in [3.05, 3.63) is 17.5 Å². The number of rotatable bonds is 5. The number of anilines is 1. The number of alkyl halides is 1. The van der Waals surface area contributed by atoms with Crippen molar-refractivity contribution in [2.24, 2.45) is 0 Å². The van der Waals surface area contributed by atoms with Gasteiger partial charge in [0.1, 0.15) is 0 Å². The molecule has 1 heterocycles. The quantitative estimate of drug-likeness (QED) is 0.719. The summed E-state index contributed by atoms with van der Waals surface area (Å²) >= 11 is 5.73. The summed E-state index contributed by atoms with van der Waals surface area (Å²) in [4.78, 5) is 10.6. The fourth-order valence-corrected chi connectivity index (χ4v) is 1.39. The van der Waals surface area contributed by atoms with Crippen LogP contribution in [0.3, 0.4) is 0 Å². The van der Waals surface area contributed by atoms with Crippen LogP contribution in [0.2, 0.25) is 0 Å². The highest BCUT2D eigenvalue weighted by molar-refractivity contribution is 6.17. The summed E-state index contributed by atoms with van der Waals surface area (Å²) in [6.07, 6.45) is 1.77. The zero-order valence-electron chi connectivity index (χ0n) is 9.33. The fourth-order valence-electron chi connectivity index (χ4n) is 1.12. The van der Waals surface area contributed by atoms with E-state index in [4.69, 9.17) is 16.3 Å². The molecule has 0 aliphatic carbocycles. The van der Waals surface area contributed by atoms with Crippen LogP contribution in [0.25, 0.3) is 0 Å². The van der Waals surface area contributed by atoms with Gasteiger partial charge in [-0.1, -0.05) is 0 Å². The summed E-state index contributed by atoms with van der Waals surface area (Å²) in [6.45, 7) is 3.37. The highest BCUT2D eigenvalue weighted by atomic mass is 35.5. The molecule has 0 N–H and O–H groups in total. The number of hydrogen-bond donors (Lipinski definition) is 0. The number of aromatic nitrogens is 2. The number of hydrogen-bond acceptors (Lipinski definition) is 4. The molecule has 0 radical (unpaired) electrons. The van der Waals surface area contributed by atoms with E-state index >= 15 is 0 Å². The van der Waals surface area contributed by atoms with Gasteiger partial charge < -0.3 is 9.64 Å². The molecule has 0 unspecified atom stereocenters. The van der Waals surface area contributed by atoms with Crippen LogP contribution in [-0.2, 0) is 10.6 Å². The summed E-state index contributed by atoms with van der Waals surface area (Å²) in [7, 11) is 3.62. The van der Waals surface area contributed by atoms with Gasteiger partial charge in [-0.05, 0) is 6.92 Å². The lowest BCUT2D eigenvalue weighted by atomic mass is 10.3. The number of halogens is 1. The Labute approximate surface area is 95.2 Å². The fraction of sp³-hybridized carbons (Fsp3) is 0.600. The van der Waals surface area contributed by atoms with E-state index in [0.717, 1.165) is 17.8 Å². The van der Waals surface area contributed by atoms with Crippen molar-refractivity contribution in [1.29, 1.82) is 0 Å². The van der Waals surface area contributed by atoms with Crippen LogP contribution in [-0.4, -0.2) is 37.3 Å². The van der Waals surface area contributed by atoms with Crippen LogP contribution < -0.4 is 4.90 Å². The maximum atomic E-state index is 5.73. The smallest absolute Gasteiger partial charge is 0.225 e. The van der Waals surface area contributed by atoms with Gasteiger partial charge in [0.05, 0.1) is 12.5 Å². The minimum absolute atomic E-state index is 0.452. The van der Waals surface area contributed by atoms with Crippen molar-refractivity contribution in [2.75, 3.05) is 32.2 Å². The Hall–Kier alpha value is -0.870. The Kier molecular flexibility index (Phi) is 4.78. The Bertz CT molecular complexity index is 320. The zero-order chi connectivity index (χ0) is 11.3. The maximum absolute atomic E-state index is 5.73. The molecule has 1 aromatic heterocycles. The van der Waals surface area contributed by atoms with Gasteiger partial charge in [0.25, 0.3) is 0 Å². The van der Waals surface area contributed by atoms with Crippen molar-refractivity contribution in [3.63, 3.8) is 0 Å². The molecule has 0 bridgehead atoms. The van der Waals surface area contributed by atoms with Crippen molar-refractivity contribution < 1.29 is 4.74 Å². The molecular weight excluding hydrogens is 214 g/mol. The molecule has 1 aromatic rings. The second-order valence-corrected chi connectivity index (χ2v) is 3.60. The first kappa shape index (κ1) is 12.2. The first-order valence-corrected chi connectivity index (χ1v) is 5.31. The standard InChI is InChI=1S/C10H16ClN3O/c1-8-9(6-11)7-12-10(13-8)14(2)4-5-15-3/h7H,4-6H2,1-3H3. The van der Waals surface area contributed by atoms with Crippen LogP contribution in [0.5, 0.6) is 0 Å². The average Bonchev–Trinajstić information content (AvgIpc) is 2.25. The van der Waals surface area contributed by atoms with Crippen LogP contribution in [0.4, 0.5) is 5.95 Å². The molecule has 15 heavy (non-hydrogen) atoms. The predicted molar refractivity (Wildman–Crippen MR) is 61.5 cm³/mol. The highest BCUT2D eigenvalue weighted by Crippen LogP contribution is 2.11. The Morgan fingerprint density at radius 1 is 1.53 bits per heavy atom. The molecule has 5 heteroatoms. The summed E-state index contributed by atoms with van der Waals surface area (Å²) in [5.41, 5.74) is 1.90. The Balaban J connectivity index is 2.73. The van der Waals surface area contributed by atoms with Gasteiger partial charge in [-0.15, -0.1) is 11.6 Å². The number of aryl methyl sites for hydroxylation is 1. The van der Waals surface area contributed by atoms with E-state index in [9.17, 15) is 0 Å². The molecule has 0 saturated carbocycles. The molecule has 0 aromatic carbocycles. The van der Waals surface area contributed by atoms with Gasteiger partial charge >= 0.3 is 0 Å². The molecule has 4 nitrogen and oxygen atoms in total. The molecule has 0 aliphatic rings. The molecule has 0 atom stereocenters. The number of nitrogens with zero attached hydrogens (tertiary/aromatic N) is 3. The molecule has 84 valence electrons. The van der Waals surface area contributed by atoms with E-state index in [2.05, 4.69) is 9.97 Å². The second kappa shape index (κ2) is 5.88. The number of likely N-dealkylation sites (N-methyl/N-ethyl adjacent to an activating group) is 1. The van der Waals surface area contributed by atoms with Crippen LogP contribution in [0.15, 0.2) is 6.20 Å². The third-order valence-corrected chi connectivity index (χ3v) is 2.47. The lowest BCUT2D eigenvalue weighted by Crippen LogP contribution is -2.24. The average molecular weight is 230 g/mol. The van der Waals surface area contributed by atoms with E-state index in [-0.39, 0.29) is 0 Å². The van der Waals surface area contributed by atoms with Crippen LogP contribution in [0, 0.1) is 6.92 Å². The second-order valence-electron chi connectivity index (χ2n) is 3.33. The third-order valence-electron chi connectivity index (χ3n) is 2.18. The molecule has 0 saturated heterocycles. The third kappa shape index (κ3) is 3.32. The van der Waals surface area contributed by atoms with E-state index in [1.54, 1.807) is 13.3 Å². The maximum Gasteiger partial charge on any atom is 0.225 e. The molecule has 0 amide bonds. The largest absolute Gasteiger partial charge is 0.383 e. The van der Waals surface area contributed by atoms with Gasteiger partial charge in [0, 0.05) is 38.2 Å². The lowest BCUT2D eigenvalue weighted by molar-refractivity contribution is 0.206. The monoisotopic (exact) mass is 229 g/mol. The zero-order valence-corrected chi connectivity index (χ0v) is 10.1. The molecular formula is C10H16ClN3O. The summed E-state index contributed by atoms with van der Waals surface area (Å²) in [5, 5.41) is 0. The molecule has 0 fully saturated rings. The predicted octanol–water partition coefficient (Wildman–Crippen LogP) is 1.61. The molecule has 1 rings (SSSR count). The van der Waals surface area contributed by atoms with Gasteiger partial charge in [-0.3, -0.25) is 0 Å². The summed E-state index contributed by atoms with van der Waals surface area (Å²) < 4.78 is 4.99. The van der Waals surface area contributed by atoms with Gasteiger partial charge in [0.15, 0.2) is 0 Å². The normalized spacial score (nSPS) is 10.4. The van der Waals surface area contributed by atoms with Gasteiger partial charge in [-0.2, -0.15) is 0 Å². The first-order valence-electron chi connectivity index (χ1n) is 4.77. The lowest BCUT2D eigenvalue weighted by Gasteiger charge is -2.17. The Morgan fingerprint density at radius 2 is 2.27 bits per heavy atom. The van der Waals surface area contributed by atoms with E-state index in [1.165, 1.54) is 0 Å². The topological polar surface area (TPSA) is 38.2 Å². The highest BCUT2D eigenvalue weighted by Gasteiger charge is 2.06. The number of ether oxygens (including phenoxy) is 1. The molecule has 0 aliphatic heterocycles. The van der Waals surface area contributed by atoms with E-state index < -0.39 is 0 Å². The van der Waals surface area contributed by atoms with Gasteiger partial charge in [0.2, 0.25) is 5.95 Å². The molecule has 0 spiro atoms. The summed E-state index contributed by atoms with van der Waals surface area (Å²) in [5.74, 6) is 1.16. The van der Waals surface area contributed by atoms with Crippen LogP contribution >= 0.6 is 11.6 Å².